The zero-order chi connectivity index (χ0) is 20.6. The Morgan fingerprint density at radius 2 is 1.50 bits per heavy atom. The first kappa shape index (κ1) is 20.7. The first-order chi connectivity index (χ1) is 12.9. The third-order valence-electron chi connectivity index (χ3n) is 12.0. The van der Waals surface area contributed by atoms with Gasteiger partial charge in [0, 0.05) is 6.92 Å². The lowest BCUT2D eigenvalue weighted by molar-refractivity contribution is -0.207. The van der Waals surface area contributed by atoms with Gasteiger partial charge in [-0.3, -0.25) is 4.79 Å². The van der Waals surface area contributed by atoms with Crippen molar-refractivity contribution in [2.75, 3.05) is 0 Å². The summed E-state index contributed by atoms with van der Waals surface area (Å²) < 4.78 is 5.69. The fourth-order valence-electron chi connectivity index (χ4n) is 9.33. The summed E-state index contributed by atoms with van der Waals surface area (Å²) in [6.07, 6.45) is 13.2. The summed E-state index contributed by atoms with van der Waals surface area (Å²) in [5.41, 5.74) is 2.24. The molecule has 2 nitrogen and oxygen atoms in total. The van der Waals surface area contributed by atoms with Crippen molar-refractivity contribution in [3.63, 3.8) is 0 Å². The molecule has 4 rings (SSSR count). The van der Waals surface area contributed by atoms with Crippen molar-refractivity contribution in [1.82, 2.24) is 0 Å². The first-order valence-corrected chi connectivity index (χ1v) is 12.1. The normalized spacial score (nSPS) is 55.8. The number of rotatable bonds is 2. The van der Waals surface area contributed by atoms with Gasteiger partial charge in [-0.2, -0.15) is 0 Å². The molecule has 0 aromatic heterocycles. The predicted molar refractivity (Wildman–Crippen MR) is 115 cm³/mol. The molecule has 8 atom stereocenters. The second-order valence-electron chi connectivity index (χ2n) is 12.4. The lowest BCUT2D eigenvalue weighted by atomic mass is 9.36. The molecule has 0 spiro atoms. The molecule has 0 aromatic rings. The fourth-order valence-corrected chi connectivity index (χ4v) is 9.33. The Morgan fingerprint density at radius 3 is 2.14 bits per heavy atom. The highest BCUT2D eigenvalue weighted by Crippen LogP contribution is 2.77. The number of hydrogen-bond donors (Lipinski definition) is 0. The Hall–Kier alpha value is -0.530. The minimum atomic E-state index is -0.100. The van der Waals surface area contributed by atoms with E-state index < -0.39 is 0 Å². The van der Waals surface area contributed by atoms with Crippen LogP contribution in [0, 0.1) is 38.9 Å². The summed E-state index contributed by atoms with van der Waals surface area (Å²) in [7, 11) is 0. The third-order valence-corrected chi connectivity index (χ3v) is 12.0. The Balaban J connectivity index is 1.65. The van der Waals surface area contributed by atoms with E-state index in [1.54, 1.807) is 6.92 Å². The molecule has 0 radical (unpaired) electrons. The molecule has 160 valence electrons. The lowest BCUT2D eigenvalue weighted by Crippen LogP contribution is -2.61. The van der Waals surface area contributed by atoms with Gasteiger partial charge in [0.05, 0.1) is 0 Å². The van der Waals surface area contributed by atoms with E-state index in [0.29, 0.717) is 27.1 Å². The van der Waals surface area contributed by atoms with Crippen molar-refractivity contribution in [3.8, 4) is 0 Å². The second-order valence-corrected chi connectivity index (χ2v) is 12.4. The van der Waals surface area contributed by atoms with Gasteiger partial charge >= 0.3 is 5.97 Å². The van der Waals surface area contributed by atoms with Crippen LogP contribution >= 0.6 is 0 Å². The van der Waals surface area contributed by atoms with E-state index in [2.05, 4.69) is 41.5 Å². The van der Waals surface area contributed by atoms with Gasteiger partial charge in [-0.05, 0) is 96.7 Å². The van der Waals surface area contributed by atoms with Crippen LogP contribution in [0.2, 0.25) is 0 Å². The van der Waals surface area contributed by atoms with Crippen molar-refractivity contribution in [2.45, 2.75) is 119 Å². The molecule has 0 unspecified atom stereocenters. The van der Waals surface area contributed by atoms with Gasteiger partial charge in [0.1, 0.15) is 6.10 Å². The molecule has 4 aliphatic rings. The summed E-state index contributed by atoms with van der Waals surface area (Å²) in [6.45, 7) is 17.1. The molecule has 0 bridgehead atoms. The van der Waals surface area contributed by atoms with E-state index in [4.69, 9.17) is 4.74 Å². The second kappa shape index (κ2) is 6.24. The van der Waals surface area contributed by atoms with Crippen LogP contribution in [0.25, 0.3) is 0 Å². The smallest absolute Gasteiger partial charge is 0.302 e. The molecular weight excluding hydrogens is 344 g/mol. The predicted octanol–water partition coefficient (Wildman–Crippen LogP) is 7.16. The maximum atomic E-state index is 11.6. The molecule has 4 aliphatic carbocycles. The Morgan fingerprint density at radius 1 is 0.857 bits per heavy atom. The van der Waals surface area contributed by atoms with Gasteiger partial charge in [0.15, 0.2) is 0 Å². The van der Waals surface area contributed by atoms with Crippen LogP contribution in [0.15, 0.2) is 0 Å². The summed E-state index contributed by atoms with van der Waals surface area (Å²) >= 11 is 0. The number of esters is 1. The van der Waals surface area contributed by atoms with Crippen molar-refractivity contribution in [3.05, 3.63) is 0 Å². The van der Waals surface area contributed by atoms with Crippen molar-refractivity contribution >= 4 is 5.97 Å². The van der Waals surface area contributed by atoms with Gasteiger partial charge in [0.2, 0.25) is 0 Å². The number of ether oxygens (including phenoxy) is 1. The summed E-state index contributed by atoms with van der Waals surface area (Å²) in [5, 5.41) is 0. The molecule has 28 heavy (non-hydrogen) atoms. The van der Waals surface area contributed by atoms with E-state index in [-0.39, 0.29) is 12.1 Å². The summed E-state index contributed by atoms with van der Waals surface area (Å²) in [4.78, 5) is 11.6. The van der Waals surface area contributed by atoms with Crippen LogP contribution < -0.4 is 0 Å². The molecule has 4 fully saturated rings. The largest absolute Gasteiger partial charge is 0.463 e. The average molecular weight is 389 g/mol. The van der Waals surface area contributed by atoms with Gasteiger partial charge in [0.25, 0.3) is 0 Å². The van der Waals surface area contributed by atoms with Crippen LogP contribution in [-0.2, 0) is 9.53 Å². The molecule has 0 N–H and O–H groups in total. The zero-order valence-corrected chi connectivity index (χ0v) is 19.6. The summed E-state index contributed by atoms with van der Waals surface area (Å²) in [5.74, 6) is 1.63. The number of hydrogen-bond acceptors (Lipinski definition) is 2. The zero-order valence-electron chi connectivity index (χ0n) is 19.6. The maximum Gasteiger partial charge on any atom is 0.302 e. The third kappa shape index (κ3) is 2.41. The average Bonchev–Trinajstić information content (AvgIpc) is 2.84. The Labute approximate surface area is 173 Å². The quantitative estimate of drug-likeness (QED) is 0.469. The molecule has 4 saturated carbocycles. The Bertz CT molecular complexity index is 657. The van der Waals surface area contributed by atoms with Crippen molar-refractivity contribution in [1.29, 1.82) is 0 Å². The molecule has 0 aliphatic heterocycles. The molecule has 0 heterocycles. The molecule has 0 aromatic carbocycles. The topological polar surface area (TPSA) is 26.3 Å². The number of carbonyl (C=O) groups excluding carboxylic acids is 1. The standard InChI is InChI=1S/C26H44O2/c1-8-22(3)15-16-25(6)21-10-12-23(4)17-19(28-18(2)27)9-13-24(23,5)20(21)11-14-26(22,25)7/h19-21H,8-17H2,1-7H3/t19-,20+,21-,22+,23-,24+,25+,26-/m0/s1. The van der Waals surface area contributed by atoms with Gasteiger partial charge in [-0.15, -0.1) is 0 Å². The fraction of sp³-hybridized carbons (Fsp3) is 0.962. The highest BCUT2D eigenvalue weighted by Gasteiger charge is 2.69. The van der Waals surface area contributed by atoms with Crippen LogP contribution in [0.1, 0.15) is 113 Å². The van der Waals surface area contributed by atoms with Crippen LogP contribution in [0.3, 0.4) is 0 Å². The summed E-state index contributed by atoms with van der Waals surface area (Å²) in [6, 6.07) is 0. The van der Waals surface area contributed by atoms with E-state index in [9.17, 15) is 4.79 Å². The number of fused-ring (bicyclic) bond motifs is 5. The van der Waals surface area contributed by atoms with Gasteiger partial charge in [-0.1, -0.05) is 48.0 Å². The van der Waals surface area contributed by atoms with E-state index in [1.807, 2.05) is 0 Å². The van der Waals surface area contributed by atoms with Gasteiger partial charge in [-0.25, -0.2) is 0 Å². The maximum absolute atomic E-state index is 11.6. The van der Waals surface area contributed by atoms with Gasteiger partial charge < -0.3 is 4.74 Å². The van der Waals surface area contributed by atoms with E-state index >= 15 is 0 Å². The first-order valence-electron chi connectivity index (χ1n) is 12.1. The number of carbonyl (C=O) groups is 1. The van der Waals surface area contributed by atoms with Crippen molar-refractivity contribution < 1.29 is 9.53 Å². The minimum absolute atomic E-state index is 0.100. The molecular formula is C26H44O2. The highest BCUT2D eigenvalue weighted by molar-refractivity contribution is 5.66. The molecule has 0 amide bonds. The molecule has 2 heteroatoms. The van der Waals surface area contributed by atoms with E-state index in [0.717, 1.165) is 24.7 Å². The Kier molecular flexibility index (Phi) is 4.62. The van der Waals surface area contributed by atoms with Crippen molar-refractivity contribution in [2.24, 2.45) is 38.9 Å². The monoisotopic (exact) mass is 388 g/mol. The lowest BCUT2D eigenvalue weighted by Gasteiger charge is -2.68. The van der Waals surface area contributed by atoms with Crippen LogP contribution in [0.4, 0.5) is 0 Å². The SMILES string of the molecule is CC[C@]1(C)CC[C@]2(C)[C@H]3CC[C@@]4(C)C[C@@H](OC(C)=O)CC[C@]4(C)[C@@H]3CC[C@@]12C. The van der Waals surface area contributed by atoms with E-state index in [1.165, 1.54) is 51.4 Å². The minimum Gasteiger partial charge on any atom is -0.463 e. The van der Waals surface area contributed by atoms with Crippen LogP contribution in [-0.4, -0.2) is 12.1 Å². The molecule has 0 saturated heterocycles. The van der Waals surface area contributed by atoms with Crippen LogP contribution in [0.5, 0.6) is 0 Å². The highest BCUT2D eigenvalue weighted by atomic mass is 16.5.